The number of nitrogens with zero attached hydrogens (tertiary/aromatic N) is 5. The number of aliphatic imine (C=N–C) groups is 1. The van der Waals surface area contributed by atoms with Crippen molar-refractivity contribution in [2.24, 2.45) is 4.99 Å². The second kappa shape index (κ2) is 8.65. The van der Waals surface area contributed by atoms with E-state index >= 15 is 0 Å². The van der Waals surface area contributed by atoms with Crippen molar-refractivity contribution in [2.75, 3.05) is 5.73 Å². The number of amides is 1. The fourth-order valence-electron chi connectivity index (χ4n) is 3.89. The molecule has 3 heterocycles. The first-order chi connectivity index (χ1) is 16.1. The number of unbranched alkanes of at least 4 members (excludes halogenated alkanes) is 1. The van der Waals surface area contributed by atoms with Crippen molar-refractivity contribution in [3.8, 4) is 0 Å². The largest absolute Gasteiger partial charge is 0.382 e. The molecule has 0 fully saturated rings. The number of aryl methyl sites for hydroxylation is 1. The molecule has 0 atom stereocenters. The van der Waals surface area contributed by atoms with Crippen LogP contribution >= 0.6 is 0 Å². The molecule has 2 aromatic carbocycles. The van der Waals surface area contributed by atoms with Gasteiger partial charge in [0.15, 0.2) is 5.82 Å². The quantitative estimate of drug-likeness (QED) is 0.283. The number of allylic oxidation sites excluding steroid dienone is 2. The Kier molecular flexibility index (Phi) is 5.39. The molecule has 0 bridgehead atoms. The molecule has 1 amide bonds. The number of fused-ring (bicyclic) bond motifs is 3. The van der Waals surface area contributed by atoms with Crippen LogP contribution in [0.4, 0.5) is 5.82 Å². The maximum absolute atomic E-state index is 12.0. The number of carbonyl (C=O) groups is 1. The molecule has 7 heteroatoms. The fourth-order valence-corrected chi connectivity index (χ4v) is 3.89. The van der Waals surface area contributed by atoms with Gasteiger partial charge >= 0.3 is 11.4 Å². The zero-order valence-corrected chi connectivity index (χ0v) is 18.3. The lowest BCUT2D eigenvalue weighted by Crippen LogP contribution is -2.00. The molecule has 2 N–H and O–H groups in total. The van der Waals surface area contributed by atoms with Crippen LogP contribution in [0.15, 0.2) is 71.9 Å². The number of nitrogens with two attached hydrogens (primary N) is 1. The minimum Gasteiger partial charge on any atom is -0.382 e. The second-order valence-corrected chi connectivity index (χ2v) is 7.98. The predicted octanol–water partition coefficient (Wildman–Crippen LogP) is 3.75. The smallest absolute Gasteiger partial charge is 0.335 e. The summed E-state index contributed by atoms with van der Waals surface area (Å²) in [5.41, 5.74) is 11.3. The molecule has 7 nitrogen and oxygen atoms in total. The maximum Gasteiger partial charge on any atom is 0.335 e. The number of benzene rings is 2. The summed E-state index contributed by atoms with van der Waals surface area (Å²) < 4.78 is 6.43. The zero-order valence-electron chi connectivity index (χ0n) is 18.3. The monoisotopic (exact) mass is 435 g/mol. The van der Waals surface area contributed by atoms with Gasteiger partial charge in [0, 0.05) is 54.4 Å². The number of hydrogen-bond acceptors (Lipinski definition) is 4. The van der Waals surface area contributed by atoms with Crippen molar-refractivity contribution in [1.82, 2.24) is 19.4 Å². The van der Waals surface area contributed by atoms with E-state index in [0.717, 1.165) is 39.7 Å². The Balaban J connectivity index is 1.32. The number of anilines is 1. The van der Waals surface area contributed by atoms with E-state index in [9.17, 15) is 4.79 Å². The van der Waals surface area contributed by atoms with Crippen LogP contribution in [-0.4, -0.2) is 38.3 Å². The van der Waals surface area contributed by atoms with Gasteiger partial charge < -0.3 is 5.73 Å². The summed E-state index contributed by atoms with van der Waals surface area (Å²) in [5, 5.41) is 6.61. The van der Waals surface area contributed by atoms with Crippen molar-refractivity contribution < 1.29 is 4.79 Å². The highest BCUT2D eigenvalue weighted by Gasteiger charge is 2.18. The summed E-state index contributed by atoms with van der Waals surface area (Å²) in [5.74, 6) is 0.187. The highest BCUT2D eigenvalue weighted by Crippen LogP contribution is 2.28. The molecule has 1 aliphatic heterocycles. The van der Waals surface area contributed by atoms with Gasteiger partial charge in [-0.3, -0.25) is 9.48 Å². The predicted molar refractivity (Wildman–Crippen MR) is 134 cm³/mol. The van der Waals surface area contributed by atoms with Gasteiger partial charge in [0.2, 0.25) is 0 Å². The summed E-state index contributed by atoms with van der Waals surface area (Å²) in [6.07, 6.45) is 9.16. The van der Waals surface area contributed by atoms with Gasteiger partial charge in [0.05, 0.1) is 11.1 Å². The number of nitrogen functional groups attached to an aromatic ring is 1. The van der Waals surface area contributed by atoms with Gasteiger partial charge in [0.25, 0.3) is 5.91 Å². The van der Waals surface area contributed by atoms with Crippen LogP contribution in [0.5, 0.6) is 0 Å². The minimum absolute atomic E-state index is 0.225. The average Bonchev–Trinajstić information content (AvgIpc) is 3.46. The maximum atomic E-state index is 12.0. The average molecular weight is 436 g/mol. The molecule has 5 rings (SSSR count). The molecule has 2 aromatic heterocycles. The van der Waals surface area contributed by atoms with Gasteiger partial charge in [-0.25, -0.2) is 9.98 Å². The standard InChI is InChI=1S/C26H23N6O/c1-17-9-12-22(29-17)19-10-11-20-21-16-32(31-24(21)25(27)30-23(20)15-19)14-6-5-13-28-26(33)18-7-3-2-4-8-18/h2-4,7-13,15-16H,5-6,14H2,1H3,(H2,27,30)/q+1. The lowest BCUT2D eigenvalue weighted by atomic mass is 10.1. The molecule has 0 radical (unpaired) electrons. The molecule has 33 heavy (non-hydrogen) atoms. The third kappa shape index (κ3) is 4.22. The Hall–Kier alpha value is -4.35. The Bertz CT molecular complexity index is 1500. The molecule has 0 aliphatic carbocycles. The van der Waals surface area contributed by atoms with Crippen molar-refractivity contribution in [3.63, 3.8) is 0 Å². The Morgan fingerprint density at radius 3 is 2.79 bits per heavy atom. The fraction of sp³-hybridized carbons (Fsp3) is 0.154. The van der Waals surface area contributed by atoms with Crippen LogP contribution < -0.4 is 10.4 Å². The summed E-state index contributed by atoms with van der Waals surface area (Å²) in [6.45, 7) is 2.67. The van der Waals surface area contributed by atoms with Crippen LogP contribution in [0.3, 0.4) is 0 Å². The number of pyridine rings is 1. The third-order valence-electron chi connectivity index (χ3n) is 5.56. The van der Waals surface area contributed by atoms with Crippen molar-refractivity contribution in [2.45, 2.75) is 26.3 Å². The Labute approximate surface area is 190 Å². The molecule has 0 saturated heterocycles. The highest BCUT2D eigenvalue weighted by molar-refractivity contribution is 6.19. The number of carbonyl (C=O) groups excluding carboxylic acids is 1. The summed E-state index contributed by atoms with van der Waals surface area (Å²) in [6, 6.07) is 15.2. The van der Waals surface area contributed by atoms with Crippen LogP contribution in [0.1, 0.15) is 35.7 Å². The molecular formula is C26H23N6O+. The third-order valence-corrected chi connectivity index (χ3v) is 5.56. The molecule has 1 aliphatic rings. The van der Waals surface area contributed by atoms with Gasteiger partial charge in [-0.05, 0) is 37.1 Å². The molecule has 0 spiro atoms. The summed E-state index contributed by atoms with van der Waals surface area (Å²) >= 11 is 0. The topological polar surface area (TPSA) is 100 Å². The van der Waals surface area contributed by atoms with Crippen molar-refractivity contribution in [3.05, 3.63) is 78.0 Å². The molecule has 0 saturated carbocycles. The summed E-state index contributed by atoms with van der Waals surface area (Å²) in [7, 11) is 0. The summed E-state index contributed by atoms with van der Waals surface area (Å²) in [4.78, 5) is 20.6. The van der Waals surface area contributed by atoms with Crippen molar-refractivity contribution >= 4 is 51.2 Å². The van der Waals surface area contributed by atoms with Crippen LogP contribution in [-0.2, 0) is 6.54 Å². The lowest BCUT2D eigenvalue weighted by molar-refractivity contribution is 0.100. The van der Waals surface area contributed by atoms with Crippen molar-refractivity contribution in [1.29, 1.82) is 0 Å². The van der Waals surface area contributed by atoms with E-state index in [1.165, 1.54) is 0 Å². The number of rotatable bonds is 6. The van der Waals surface area contributed by atoms with Gasteiger partial charge in [-0.2, -0.15) is 5.10 Å². The van der Waals surface area contributed by atoms with Gasteiger partial charge in [-0.15, -0.1) is 0 Å². The van der Waals surface area contributed by atoms with Crippen LogP contribution in [0.25, 0.3) is 21.8 Å². The van der Waals surface area contributed by atoms with Crippen LogP contribution in [0, 0.1) is 0 Å². The van der Waals surface area contributed by atoms with E-state index in [2.05, 4.69) is 31.9 Å². The second-order valence-electron chi connectivity index (χ2n) is 7.98. The molecule has 0 unspecified atom stereocenters. The Morgan fingerprint density at radius 2 is 2.00 bits per heavy atom. The SMILES string of the molecule is CC1=[N+]=C(c2ccc3c(c2)nc(N)c2nn(CCCC=NC(=O)c4ccccc4)cc23)C=C1. The molecular weight excluding hydrogens is 412 g/mol. The number of hydrogen-bond donors (Lipinski definition) is 1. The van der Waals surface area contributed by atoms with E-state index in [0.29, 0.717) is 29.9 Å². The zero-order chi connectivity index (χ0) is 22.8. The lowest BCUT2D eigenvalue weighted by Gasteiger charge is -2.01. The van der Waals surface area contributed by atoms with E-state index in [4.69, 9.17) is 5.73 Å². The van der Waals surface area contributed by atoms with E-state index < -0.39 is 0 Å². The van der Waals surface area contributed by atoms with E-state index in [-0.39, 0.29) is 5.91 Å². The minimum atomic E-state index is -0.225. The Morgan fingerprint density at radius 1 is 1.15 bits per heavy atom. The molecule has 4 aromatic rings. The van der Waals surface area contributed by atoms with Gasteiger partial charge in [0.1, 0.15) is 5.52 Å². The first kappa shape index (κ1) is 20.5. The molecule has 162 valence electrons. The van der Waals surface area contributed by atoms with E-state index in [1.54, 1.807) is 18.3 Å². The van der Waals surface area contributed by atoms with Gasteiger partial charge in [-0.1, -0.05) is 28.9 Å². The number of aromatic nitrogens is 3. The normalized spacial score (nSPS) is 13.2. The first-order valence-corrected chi connectivity index (χ1v) is 10.9. The first-order valence-electron chi connectivity index (χ1n) is 10.9. The van der Waals surface area contributed by atoms with E-state index in [1.807, 2.05) is 54.2 Å². The van der Waals surface area contributed by atoms with Crippen LogP contribution in [0.2, 0.25) is 0 Å². The highest BCUT2D eigenvalue weighted by atomic mass is 16.1.